The Kier molecular flexibility index (Phi) is 67.2. The number of rotatable bonds is 65. The molecule has 0 aromatic rings. The summed E-state index contributed by atoms with van der Waals surface area (Å²) in [5.41, 5.74) is 0. The monoisotopic (exact) mass is 1140 g/mol. The molecule has 474 valence electrons. The molecule has 0 bridgehead atoms. The summed E-state index contributed by atoms with van der Waals surface area (Å²) >= 11 is 0. The van der Waals surface area contributed by atoms with Crippen LogP contribution in [-0.4, -0.2) is 37.2 Å². The summed E-state index contributed by atoms with van der Waals surface area (Å²) in [4.78, 5) is 38.3. The maximum absolute atomic E-state index is 12.9. The Labute approximate surface area is 509 Å². The summed E-state index contributed by atoms with van der Waals surface area (Å²) in [6.45, 7) is 6.50. The molecule has 0 aliphatic carbocycles. The highest BCUT2D eigenvalue weighted by Gasteiger charge is 2.19. The predicted molar refractivity (Wildman–Crippen MR) is 358 cm³/mol. The van der Waals surface area contributed by atoms with E-state index in [9.17, 15) is 14.4 Å². The Morgan fingerprint density at radius 1 is 0.256 bits per heavy atom. The van der Waals surface area contributed by atoms with E-state index in [1.807, 2.05) is 0 Å². The standard InChI is InChI=1S/C76H134O6/c1-4-7-10-13-16-19-22-24-26-28-30-32-33-34-35-36-37-38-39-40-41-42-43-45-46-48-50-52-54-57-60-63-66-69-75(78)81-72-73(71-80-74(77)68-65-62-59-56-21-18-15-12-9-6-3)82-76(79)70-67-64-61-58-55-53-51-49-47-44-31-29-27-25-23-20-17-14-11-8-5-2/h7,10,12,15-16,19,24,26,29-32,34-35,73H,4-6,8-9,11,13-14,17-18,20-23,25,27-28,33,36-72H2,1-3H3/b10-7-,15-12-,19-16-,26-24-,31-29-,32-30-,35-34-. The van der Waals surface area contributed by atoms with E-state index < -0.39 is 6.10 Å². The van der Waals surface area contributed by atoms with Crippen LogP contribution in [0.25, 0.3) is 0 Å². The van der Waals surface area contributed by atoms with Gasteiger partial charge in [0.25, 0.3) is 0 Å². The lowest BCUT2D eigenvalue weighted by Gasteiger charge is -2.18. The van der Waals surface area contributed by atoms with Gasteiger partial charge in [-0.1, -0.05) is 318 Å². The van der Waals surface area contributed by atoms with Gasteiger partial charge < -0.3 is 14.2 Å². The highest BCUT2D eigenvalue weighted by molar-refractivity contribution is 5.71. The van der Waals surface area contributed by atoms with Crippen molar-refractivity contribution in [3.05, 3.63) is 85.1 Å². The smallest absolute Gasteiger partial charge is 0.306 e. The van der Waals surface area contributed by atoms with E-state index in [4.69, 9.17) is 14.2 Å². The first-order valence-corrected chi connectivity index (χ1v) is 35.6. The highest BCUT2D eigenvalue weighted by Crippen LogP contribution is 2.18. The SMILES string of the molecule is CC/C=C\C/C=C\C/C=C\C/C=C\C/C=C\CCCCCCCCCCCCCCCCCCCC(=O)OCC(COC(=O)CCCCCCC/C=C\CCC)OC(=O)CCCCCCCCCCC/C=C\CCCCCCCCCC. The predicted octanol–water partition coefficient (Wildman–Crippen LogP) is 24.6. The Bertz CT molecular complexity index is 1550. The number of hydrogen-bond donors (Lipinski definition) is 0. The Balaban J connectivity index is 4.12. The largest absolute Gasteiger partial charge is 0.462 e. The van der Waals surface area contributed by atoms with E-state index in [0.717, 1.165) is 103 Å². The van der Waals surface area contributed by atoms with Gasteiger partial charge in [-0.15, -0.1) is 0 Å². The third-order valence-corrected chi connectivity index (χ3v) is 15.6. The maximum Gasteiger partial charge on any atom is 0.306 e. The molecule has 0 aromatic carbocycles. The average Bonchev–Trinajstić information content (AvgIpc) is 3.48. The summed E-state index contributed by atoms with van der Waals surface area (Å²) < 4.78 is 16.9. The molecular weight excluding hydrogens is 1010 g/mol. The topological polar surface area (TPSA) is 78.9 Å². The van der Waals surface area contributed by atoms with Crippen LogP contribution in [-0.2, 0) is 28.6 Å². The molecule has 0 fully saturated rings. The summed E-state index contributed by atoms with van der Waals surface area (Å²) in [7, 11) is 0. The van der Waals surface area contributed by atoms with Gasteiger partial charge in [0, 0.05) is 19.3 Å². The Morgan fingerprint density at radius 2 is 0.500 bits per heavy atom. The van der Waals surface area contributed by atoms with Crippen molar-refractivity contribution in [3.8, 4) is 0 Å². The number of carbonyl (C=O) groups is 3. The molecule has 0 saturated carbocycles. The van der Waals surface area contributed by atoms with Crippen molar-refractivity contribution in [1.82, 2.24) is 0 Å². The molecule has 0 spiro atoms. The minimum Gasteiger partial charge on any atom is -0.462 e. The van der Waals surface area contributed by atoms with Gasteiger partial charge in [0.15, 0.2) is 6.10 Å². The lowest BCUT2D eigenvalue weighted by atomic mass is 10.0. The maximum atomic E-state index is 12.9. The van der Waals surface area contributed by atoms with Crippen LogP contribution in [0.15, 0.2) is 85.1 Å². The fourth-order valence-corrected chi connectivity index (χ4v) is 10.3. The van der Waals surface area contributed by atoms with E-state index in [0.29, 0.717) is 19.3 Å². The number of carbonyl (C=O) groups excluding carboxylic acids is 3. The zero-order chi connectivity index (χ0) is 59.2. The molecule has 0 aromatic heterocycles. The minimum absolute atomic E-state index is 0.0758. The van der Waals surface area contributed by atoms with Crippen molar-refractivity contribution < 1.29 is 28.6 Å². The second kappa shape index (κ2) is 70.1. The van der Waals surface area contributed by atoms with Crippen molar-refractivity contribution in [2.75, 3.05) is 13.2 Å². The molecule has 6 nitrogen and oxygen atoms in total. The first kappa shape index (κ1) is 78.6. The number of ether oxygens (including phenoxy) is 3. The molecule has 0 rings (SSSR count). The molecule has 1 atom stereocenters. The van der Waals surface area contributed by atoms with Crippen molar-refractivity contribution in [3.63, 3.8) is 0 Å². The molecule has 1 unspecified atom stereocenters. The van der Waals surface area contributed by atoms with Crippen LogP contribution < -0.4 is 0 Å². The molecule has 0 aliphatic heterocycles. The number of allylic oxidation sites excluding steroid dienone is 14. The van der Waals surface area contributed by atoms with Crippen LogP contribution in [0.5, 0.6) is 0 Å². The van der Waals surface area contributed by atoms with Gasteiger partial charge in [-0.05, 0) is 109 Å². The Morgan fingerprint density at radius 3 is 0.805 bits per heavy atom. The van der Waals surface area contributed by atoms with Crippen LogP contribution in [0.3, 0.4) is 0 Å². The van der Waals surface area contributed by atoms with Crippen molar-refractivity contribution in [2.24, 2.45) is 0 Å². The summed E-state index contributed by atoms with van der Waals surface area (Å²) in [5, 5.41) is 0. The number of hydrogen-bond acceptors (Lipinski definition) is 6. The van der Waals surface area contributed by atoms with Crippen LogP contribution in [0.4, 0.5) is 0 Å². The molecule has 0 N–H and O–H groups in total. The summed E-state index contributed by atoms with van der Waals surface area (Å²) in [6.07, 6.45) is 93.4. The second-order valence-electron chi connectivity index (χ2n) is 23.8. The fourth-order valence-electron chi connectivity index (χ4n) is 10.3. The fraction of sp³-hybridized carbons (Fsp3) is 0.776. The highest BCUT2D eigenvalue weighted by atomic mass is 16.6. The normalized spacial score (nSPS) is 12.6. The molecule has 0 aliphatic rings. The Hall–Kier alpha value is -3.41. The van der Waals surface area contributed by atoms with Crippen molar-refractivity contribution in [2.45, 2.75) is 367 Å². The lowest BCUT2D eigenvalue weighted by Crippen LogP contribution is -2.30. The van der Waals surface area contributed by atoms with E-state index in [2.05, 4.69) is 106 Å². The quantitative estimate of drug-likeness (QED) is 0.0261. The molecular formula is C76H134O6. The summed E-state index contributed by atoms with van der Waals surface area (Å²) in [6, 6.07) is 0. The van der Waals surface area contributed by atoms with Gasteiger partial charge in [0.1, 0.15) is 13.2 Å². The van der Waals surface area contributed by atoms with Gasteiger partial charge in [0.05, 0.1) is 0 Å². The number of unbranched alkanes of at least 4 members (excludes halogenated alkanes) is 40. The molecule has 0 saturated heterocycles. The average molecular weight is 1140 g/mol. The third kappa shape index (κ3) is 67.4. The van der Waals surface area contributed by atoms with Crippen LogP contribution in [0.1, 0.15) is 361 Å². The van der Waals surface area contributed by atoms with Crippen molar-refractivity contribution in [1.29, 1.82) is 0 Å². The second-order valence-corrected chi connectivity index (χ2v) is 23.8. The van der Waals surface area contributed by atoms with E-state index in [1.54, 1.807) is 0 Å². The van der Waals surface area contributed by atoms with Gasteiger partial charge in [-0.2, -0.15) is 0 Å². The van der Waals surface area contributed by atoms with Gasteiger partial charge in [0.2, 0.25) is 0 Å². The van der Waals surface area contributed by atoms with E-state index in [1.165, 1.54) is 218 Å². The van der Waals surface area contributed by atoms with E-state index >= 15 is 0 Å². The van der Waals surface area contributed by atoms with Crippen LogP contribution in [0.2, 0.25) is 0 Å². The zero-order valence-corrected chi connectivity index (χ0v) is 54.5. The molecule has 82 heavy (non-hydrogen) atoms. The van der Waals surface area contributed by atoms with E-state index in [-0.39, 0.29) is 31.1 Å². The minimum atomic E-state index is -0.779. The first-order chi connectivity index (χ1) is 40.5. The van der Waals surface area contributed by atoms with Crippen LogP contribution >= 0.6 is 0 Å². The number of esters is 3. The summed E-state index contributed by atoms with van der Waals surface area (Å²) in [5.74, 6) is -0.871. The van der Waals surface area contributed by atoms with Gasteiger partial charge >= 0.3 is 17.9 Å². The van der Waals surface area contributed by atoms with Gasteiger partial charge in [-0.25, -0.2) is 0 Å². The molecule has 0 amide bonds. The van der Waals surface area contributed by atoms with Crippen molar-refractivity contribution >= 4 is 17.9 Å². The zero-order valence-electron chi connectivity index (χ0n) is 54.5. The molecule has 6 heteroatoms. The third-order valence-electron chi connectivity index (χ3n) is 15.6. The first-order valence-electron chi connectivity index (χ1n) is 35.6. The lowest BCUT2D eigenvalue weighted by molar-refractivity contribution is -0.167. The van der Waals surface area contributed by atoms with Gasteiger partial charge in [-0.3, -0.25) is 14.4 Å². The van der Waals surface area contributed by atoms with Crippen LogP contribution in [0, 0.1) is 0 Å². The molecule has 0 radical (unpaired) electrons. The molecule has 0 heterocycles.